The molecule has 0 aliphatic heterocycles. The van der Waals surface area contributed by atoms with Crippen LogP contribution in [0.15, 0.2) is 174 Å². The lowest BCUT2D eigenvalue weighted by Gasteiger charge is -2.61. The smallest absolute Gasteiger partial charge is 0.136 e. The van der Waals surface area contributed by atoms with E-state index in [1.807, 2.05) is 12.1 Å². The van der Waals surface area contributed by atoms with Gasteiger partial charge >= 0.3 is 0 Å². The molecule has 9 aromatic carbocycles. The Hall–Kier alpha value is -6.44. The van der Waals surface area contributed by atoms with E-state index in [0.717, 1.165) is 51.2 Å². The first kappa shape index (κ1) is 32.5. The Morgan fingerprint density at radius 2 is 0.881 bits per heavy atom. The van der Waals surface area contributed by atoms with Gasteiger partial charge in [0.2, 0.25) is 0 Å². The lowest BCUT2D eigenvalue weighted by Crippen LogP contribution is -2.55. The molecule has 1 aromatic heterocycles. The van der Waals surface area contributed by atoms with Gasteiger partial charge in [-0.25, -0.2) is 0 Å². The van der Waals surface area contributed by atoms with Crippen LogP contribution >= 0.6 is 0 Å². The molecular weight excluding hydrogens is 713 g/mol. The van der Waals surface area contributed by atoms with Crippen molar-refractivity contribution in [3.05, 3.63) is 181 Å². The first-order valence-electron chi connectivity index (χ1n) is 21.8. The van der Waals surface area contributed by atoms with Gasteiger partial charge < -0.3 is 4.42 Å². The highest BCUT2D eigenvalue weighted by atomic mass is 16.3. The average molecular weight is 755 g/mol. The van der Waals surface area contributed by atoms with Gasteiger partial charge in [0.25, 0.3) is 0 Å². The molecule has 1 heteroatoms. The summed E-state index contributed by atoms with van der Waals surface area (Å²) in [5, 5.41) is 10.3. The lowest BCUT2D eigenvalue weighted by molar-refractivity contribution is -0.0399. The van der Waals surface area contributed by atoms with Gasteiger partial charge in [-0.2, -0.15) is 0 Å². The summed E-state index contributed by atoms with van der Waals surface area (Å²) < 4.78 is 6.26. The van der Waals surface area contributed by atoms with Crippen LogP contribution in [-0.4, -0.2) is 0 Å². The normalized spacial score (nSPS) is 22.6. The van der Waals surface area contributed by atoms with Crippen LogP contribution in [0.1, 0.15) is 43.2 Å². The number of rotatable bonds is 3. The molecule has 0 saturated heterocycles. The molecule has 4 saturated carbocycles. The van der Waals surface area contributed by atoms with Crippen molar-refractivity contribution in [2.75, 3.05) is 0 Å². The molecule has 1 heterocycles. The lowest BCUT2D eigenvalue weighted by atomic mass is 9.43. The van der Waals surface area contributed by atoms with Crippen LogP contribution in [0, 0.1) is 23.7 Å². The van der Waals surface area contributed by atoms with E-state index in [-0.39, 0.29) is 5.41 Å². The summed E-state index contributed by atoms with van der Waals surface area (Å²) in [6.07, 6.45) is 7.06. The zero-order valence-corrected chi connectivity index (χ0v) is 32.9. The number of hydrogen-bond donors (Lipinski definition) is 0. The summed E-state index contributed by atoms with van der Waals surface area (Å²) >= 11 is 0. The highest BCUT2D eigenvalue weighted by molar-refractivity contribution is 6.22. The molecule has 0 radical (unpaired) electrons. The molecule has 5 aliphatic rings. The van der Waals surface area contributed by atoms with E-state index in [1.165, 1.54) is 103 Å². The summed E-state index contributed by atoms with van der Waals surface area (Å²) in [4.78, 5) is 0. The predicted octanol–water partition coefficient (Wildman–Crippen LogP) is 15.8. The van der Waals surface area contributed by atoms with Gasteiger partial charge in [-0.3, -0.25) is 0 Å². The van der Waals surface area contributed by atoms with E-state index in [0.29, 0.717) is 0 Å². The third-order valence-electron chi connectivity index (χ3n) is 15.6. The SMILES string of the molecule is c1ccc2c3c(ccc2c1)C1(c2ccc(-c4c5ccccc5c(-c5ccc(-c6ccc7c(c6)oc6ccccc67)cc5)c5ccccc45)cc2-3)C2CC3CC(C2)CC1C3. The highest BCUT2D eigenvalue weighted by Gasteiger charge is 2.61. The zero-order chi connectivity index (χ0) is 38.4. The molecule has 4 bridgehead atoms. The van der Waals surface area contributed by atoms with E-state index in [1.54, 1.807) is 11.1 Å². The maximum atomic E-state index is 6.26. The Bertz CT molecular complexity index is 3310. The van der Waals surface area contributed by atoms with Crippen molar-refractivity contribution in [1.82, 2.24) is 0 Å². The fourth-order valence-corrected chi connectivity index (χ4v) is 13.6. The van der Waals surface area contributed by atoms with Gasteiger partial charge in [0.1, 0.15) is 11.2 Å². The zero-order valence-electron chi connectivity index (χ0n) is 32.9. The van der Waals surface area contributed by atoms with Crippen molar-refractivity contribution in [1.29, 1.82) is 0 Å². The molecular formula is C58H42O. The van der Waals surface area contributed by atoms with Crippen molar-refractivity contribution in [3.63, 3.8) is 0 Å². The van der Waals surface area contributed by atoms with Crippen molar-refractivity contribution >= 4 is 54.3 Å². The number of furan rings is 1. The minimum atomic E-state index is 0.138. The van der Waals surface area contributed by atoms with Gasteiger partial charge in [-0.05, 0) is 168 Å². The molecule has 0 N–H and O–H groups in total. The fraction of sp³-hybridized carbons (Fsp3) is 0.172. The quantitative estimate of drug-likeness (QED) is 0.164. The van der Waals surface area contributed by atoms with Gasteiger partial charge in [-0.1, -0.05) is 146 Å². The predicted molar refractivity (Wildman–Crippen MR) is 246 cm³/mol. The van der Waals surface area contributed by atoms with Crippen LogP contribution in [0.5, 0.6) is 0 Å². The second-order valence-corrected chi connectivity index (χ2v) is 18.4. The van der Waals surface area contributed by atoms with Crippen molar-refractivity contribution < 1.29 is 4.42 Å². The maximum Gasteiger partial charge on any atom is 0.136 e. The standard InChI is InChI=1S/C58H42O/c1-2-10-43-37(9-1)22-26-52-57(43)50-32-40(23-25-51(50)58(52)41-28-34-27-35(30-41)31-42(58)29-34)56-48-14-5-3-12-46(48)55(47-13-4-6-15-49(47)56)38-19-17-36(18-20-38)39-21-24-45-44-11-7-8-16-53(44)59-54(45)33-39/h1-26,32-35,41-42H,27-31H2. The Kier molecular flexibility index (Phi) is 6.52. The van der Waals surface area contributed by atoms with Gasteiger partial charge in [-0.15, -0.1) is 0 Å². The first-order chi connectivity index (χ1) is 29.2. The minimum Gasteiger partial charge on any atom is -0.456 e. The summed E-state index contributed by atoms with van der Waals surface area (Å²) in [5.74, 6) is 3.34. The van der Waals surface area contributed by atoms with Crippen LogP contribution in [0.3, 0.4) is 0 Å². The second kappa shape index (κ2) is 11.8. The number of para-hydroxylation sites is 1. The van der Waals surface area contributed by atoms with Gasteiger partial charge in [0, 0.05) is 16.2 Å². The Morgan fingerprint density at radius 3 is 1.58 bits per heavy atom. The highest BCUT2D eigenvalue weighted by Crippen LogP contribution is 2.70. The van der Waals surface area contributed by atoms with Crippen LogP contribution in [-0.2, 0) is 5.41 Å². The molecule has 0 atom stereocenters. The second-order valence-electron chi connectivity index (χ2n) is 18.4. The fourth-order valence-electron chi connectivity index (χ4n) is 13.6. The summed E-state index contributed by atoms with van der Waals surface area (Å²) in [5.41, 5.74) is 15.8. The number of hydrogen-bond acceptors (Lipinski definition) is 1. The largest absolute Gasteiger partial charge is 0.456 e. The topological polar surface area (TPSA) is 13.1 Å². The summed E-state index contributed by atoms with van der Waals surface area (Å²) in [6.45, 7) is 0. The molecule has 5 aliphatic carbocycles. The number of fused-ring (bicyclic) bond motifs is 10. The van der Waals surface area contributed by atoms with E-state index < -0.39 is 0 Å². The van der Waals surface area contributed by atoms with Crippen LogP contribution in [0.25, 0.3) is 98.8 Å². The molecule has 1 nitrogen and oxygen atoms in total. The first-order valence-corrected chi connectivity index (χ1v) is 21.8. The molecule has 0 amide bonds. The molecule has 15 rings (SSSR count). The third-order valence-corrected chi connectivity index (χ3v) is 15.6. The average Bonchev–Trinajstić information content (AvgIpc) is 3.80. The molecule has 1 spiro atoms. The monoisotopic (exact) mass is 754 g/mol. The van der Waals surface area contributed by atoms with E-state index in [9.17, 15) is 0 Å². The number of benzene rings is 9. The minimum absolute atomic E-state index is 0.138. The molecule has 59 heavy (non-hydrogen) atoms. The van der Waals surface area contributed by atoms with Gasteiger partial charge in [0.15, 0.2) is 0 Å². The van der Waals surface area contributed by atoms with E-state index >= 15 is 0 Å². The molecule has 280 valence electrons. The van der Waals surface area contributed by atoms with Crippen LogP contribution in [0.2, 0.25) is 0 Å². The van der Waals surface area contributed by atoms with Crippen LogP contribution in [0.4, 0.5) is 0 Å². The summed E-state index contributed by atoms with van der Waals surface area (Å²) in [6, 6.07) is 64.2. The molecule has 4 fully saturated rings. The summed E-state index contributed by atoms with van der Waals surface area (Å²) in [7, 11) is 0. The van der Waals surface area contributed by atoms with Gasteiger partial charge in [0.05, 0.1) is 0 Å². The third kappa shape index (κ3) is 4.35. The Morgan fingerprint density at radius 1 is 0.356 bits per heavy atom. The molecule has 10 aromatic rings. The van der Waals surface area contributed by atoms with Crippen LogP contribution < -0.4 is 0 Å². The van der Waals surface area contributed by atoms with Crippen molar-refractivity contribution in [2.24, 2.45) is 23.7 Å². The van der Waals surface area contributed by atoms with Crippen molar-refractivity contribution in [2.45, 2.75) is 37.5 Å². The van der Waals surface area contributed by atoms with E-state index in [4.69, 9.17) is 4.42 Å². The van der Waals surface area contributed by atoms with Crippen molar-refractivity contribution in [3.8, 4) is 44.5 Å². The Balaban J connectivity index is 0.948. The maximum absolute atomic E-state index is 6.26. The molecule has 0 unspecified atom stereocenters. The van der Waals surface area contributed by atoms with E-state index in [2.05, 4.69) is 158 Å². The Labute approximate surface area is 343 Å².